The number of rotatable bonds is 3. The van der Waals surface area contributed by atoms with Gasteiger partial charge in [-0.3, -0.25) is 4.79 Å². The summed E-state index contributed by atoms with van der Waals surface area (Å²) in [5.74, 6) is 0.0922. The first-order chi connectivity index (χ1) is 14.6. The minimum absolute atomic E-state index is 0.0790. The number of hydrogen-bond acceptors (Lipinski definition) is 2. The lowest BCUT2D eigenvalue weighted by atomic mass is 9.84. The molecule has 1 N–H and O–H groups in total. The Hall–Kier alpha value is -3.73. The highest BCUT2D eigenvalue weighted by molar-refractivity contribution is 5.96. The van der Waals surface area contributed by atoms with E-state index in [0.717, 1.165) is 33.6 Å². The SMILES string of the molecule is Cc1ccc(-n2nc(-c3ccccc3)c3c2NC(=O)C[C@H]3c2ccc(F)cc2)cc1. The van der Waals surface area contributed by atoms with E-state index in [2.05, 4.69) is 5.32 Å². The average molecular weight is 397 g/mol. The van der Waals surface area contributed by atoms with Crippen LogP contribution in [0.5, 0.6) is 0 Å². The fraction of sp³-hybridized carbons (Fsp3) is 0.120. The maximum absolute atomic E-state index is 13.5. The second kappa shape index (κ2) is 7.26. The molecule has 1 aliphatic heterocycles. The molecule has 4 nitrogen and oxygen atoms in total. The van der Waals surface area contributed by atoms with Gasteiger partial charge in [-0.25, -0.2) is 9.07 Å². The molecule has 0 saturated carbocycles. The quantitative estimate of drug-likeness (QED) is 0.499. The van der Waals surface area contributed by atoms with E-state index in [9.17, 15) is 9.18 Å². The molecule has 0 fully saturated rings. The van der Waals surface area contributed by atoms with Crippen LogP contribution < -0.4 is 5.32 Å². The van der Waals surface area contributed by atoms with Crippen LogP contribution in [0.1, 0.15) is 29.0 Å². The van der Waals surface area contributed by atoms with Crippen LogP contribution in [0, 0.1) is 12.7 Å². The number of aryl methyl sites for hydroxylation is 1. The van der Waals surface area contributed by atoms with Crippen molar-refractivity contribution < 1.29 is 9.18 Å². The number of hydrogen-bond donors (Lipinski definition) is 1. The highest BCUT2D eigenvalue weighted by Crippen LogP contribution is 2.43. The zero-order chi connectivity index (χ0) is 20.7. The molecule has 1 atom stereocenters. The topological polar surface area (TPSA) is 46.9 Å². The van der Waals surface area contributed by atoms with Gasteiger partial charge < -0.3 is 5.32 Å². The van der Waals surface area contributed by atoms with Crippen molar-refractivity contribution >= 4 is 11.7 Å². The molecule has 0 radical (unpaired) electrons. The number of nitrogens with zero attached hydrogens (tertiary/aromatic N) is 2. The molecule has 1 amide bonds. The van der Waals surface area contributed by atoms with E-state index in [1.807, 2.05) is 61.5 Å². The largest absolute Gasteiger partial charge is 0.310 e. The predicted molar refractivity (Wildman–Crippen MR) is 115 cm³/mol. The van der Waals surface area contributed by atoms with Gasteiger partial charge >= 0.3 is 0 Å². The molecule has 3 aromatic carbocycles. The Kier molecular flexibility index (Phi) is 4.43. The number of carbonyl (C=O) groups is 1. The Bertz CT molecular complexity index is 1210. The summed E-state index contributed by atoms with van der Waals surface area (Å²) in [6.45, 7) is 2.03. The van der Waals surface area contributed by atoms with E-state index in [4.69, 9.17) is 5.10 Å². The minimum atomic E-state index is -0.294. The molecular weight excluding hydrogens is 377 g/mol. The highest BCUT2D eigenvalue weighted by Gasteiger charge is 2.34. The molecule has 5 heteroatoms. The first-order valence-electron chi connectivity index (χ1n) is 9.91. The Morgan fingerprint density at radius 3 is 2.37 bits per heavy atom. The third-order valence-electron chi connectivity index (χ3n) is 5.52. The molecule has 1 aliphatic rings. The van der Waals surface area contributed by atoms with Gasteiger partial charge in [0.25, 0.3) is 0 Å². The molecule has 4 aromatic rings. The zero-order valence-corrected chi connectivity index (χ0v) is 16.5. The van der Waals surface area contributed by atoms with E-state index in [-0.39, 0.29) is 24.1 Å². The van der Waals surface area contributed by atoms with Gasteiger partial charge in [-0.05, 0) is 36.8 Å². The van der Waals surface area contributed by atoms with Crippen molar-refractivity contribution in [3.63, 3.8) is 0 Å². The van der Waals surface area contributed by atoms with Crippen LogP contribution in [0.15, 0.2) is 78.9 Å². The van der Waals surface area contributed by atoms with Crippen molar-refractivity contribution in [2.24, 2.45) is 0 Å². The monoisotopic (exact) mass is 397 g/mol. The predicted octanol–water partition coefficient (Wildman–Crippen LogP) is 5.46. The van der Waals surface area contributed by atoms with Crippen molar-refractivity contribution in [1.82, 2.24) is 9.78 Å². The van der Waals surface area contributed by atoms with Crippen molar-refractivity contribution in [3.05, 3.63) is 101 Å². The summed E-state index contributed by atoms with van der Waals surface area (Å²) in [4.78, 5) is 12.6. The number of amides is 1. The summed E-state index contributed by atoms with van der Waals surface area (Å²) in [6.07, 6.45) is 0.290. The van der Waals surface area contributed by atoms with Crippen LogP contribution in [-0.4, -0.2) is 15.7 Å². The molecule has 30 heavy (non-hydrogen) atoms. The van der Waals surface area contributed by atoms with E-state index in [0.29, 0.717) is 5.82 Å². The number of halogens is 1. The number of fused-ring (bicyclic) bond motifs is 1. The normalized spacial score (nSPS) is 15.5. The van der Waals surface area contributed by atoms with E-state index < -0.39 is 0 Å². The third-order valence-corrected chi connectivity index (χ3v) is 5.52. The average Bonchev–Trinajstić information content (AvgIpc) is 3.14. The van der Waals surface area contributed by atoms with Crippen LogP contribution >= 0.6 is 0 Å². The molecule has 0 spiro atoms. The van der Waals surface area contributed by atoms with Crippen LogP contribution in [-0.2, 0) is 4.79 Å². The standard InChI is InChI=1S/C25H20FN3O/c1-16-7-13-20(14-8-16)29-25-23(24(28-29)18-5-3-2-4-6-18)21(15-22(30)27-25)17-9-11-19(26)12-10-17/h2-14,21H,15H2,1H3,(H,27,30)/t21-/m0/s1. The second-order valence-electron chi connectivity index (χ2n) is 7.58. The number of benzene rings is 3. The van der Waals surface area contributed by atoms with Gasteiger partial charge in [-0.15, -0.1) is 0 Å². The maximum Gasteiger partial charge on any atom is 0.226 e. The minimum Gasteiger partial charge on any atom is -0.310 e. The highest BCUT2D eigenvalue weighted by atomic mass is 19.1. The van der Waals surface area contributed by atoms with Gasteiger partial charge in [-0.1, -0.05) is 60.2 Å². The Labute approximate surface area is 174 Å². The summed E-state index contributed by atoms with van der Waals surface area (Å²) >= 11 is 0. The molecule has 0 bridgehead atoms. The number of aromatic nitrogens is 2. The summed E-state index contributed by atoms with van der Waals surface area (Å²) in [7, 11) is 0. The van der Waals surface area contributed by atoms with Gasteiger partial charge in [0.1, 0.15) is 11.6 Å². The van der Waals surface area contributed by atoms with E-state index in [1.54, 1.807) is 16.8 Å². The summed E-state index contributed by atoms with van der Waals surface area (Å²) in [5.41, 5.74) is 5.67. The Balaban J connectivity index is 1.76. The summed E-state index contributed by atoms with van der Waals surface area (Å²) < 4.78 is 15.3. The van der Waals surface area contributed by atoms with E-state index >= 15 is 0 Å². The van der Waals surface area contributed by atoms with Crippen LogP contribution in [0.2, 0.25) is 0 Å². The van der Waals surface area contributed by atoms with Gasteiger partial charge in [0.2, 0.25) is 5.91 Å². The summed E-state index contributed by atoms with van der Waals surface area (Å²) in [6, 6.07) is 24.3. The van der Waals surface area contributed by atoms with Gasteiger partial charge in [0.05, 0.1) is 11.4 Å². The lowest BCUT2D eigenvalue weighted by Gasteiger charge is -2.25. The maximum atomic E-state index is 13.5. The lowest BCUT2D eigenvalue weighted by Crippen LogP contribution is -2.24. The first-order valence-corrected chi connectivity index (χ1v) is 9.91. The molecule has 2 heterocycles. The molecule has 0 saturated heterocycles. The van der Waals surface area contributed by atoms with Gasteiger partial charge in [0, 0.05) is 23.5 Å². The zero-order valence-electron chi connectivity index (χ0n) is 16.5. The molecular formula is C25H20FN3O. The van der Waals surface area contributed by atoms with Crippen molar-refractivity contribution in [3.8, 4) is 16.9 Å². The van der Waals surface area contributed by atoms with Crippen LogP contribution in [0.4, 0.5) is 10.2 Å². The van der Waals surface area contributed by atoms with Crippen LogP contribution in [0.25, 0.3) is 16.9 Å². The van der Waals surface area contributed by atoms with E-state index in [1.165, 1.54) is 12.1 Å². The lowest BCUT2D eigenvalue weighted by molar-refractivity contribution is -0.116. The number of anilines is 1. The van der Waals surface area contributed by atoms with Gasteiger partial charge in [0.15, 0.2) is 0 Å². The smallest absolute Gasteiger partial charge is 0.226 e. The fourth-order valence-electron chi connectivity index (χ4n) is 4.01. The first kappa shape index (κ1) is 18.3. The molecule has 0 aliphatic carbocycles. The second-order valence-corrected chi connectivity index (χ2v) is 7.58. The molecule has 0 unspecified atom stereocenters. The fourth-order valence-corrected chi connectivity index (χ4v) is 4.01. The number of carbonyl (C=O) groups excluding carboxylic acids is 1. The Morgan fingerprint density at radius 2 is 1.67 bits per heavy atom. The van der Waals surface area contributed by atoms with Crippen molar-refractivity contribution in [2.45, 2.75) is 19.3 Å². The van der Waals surface area contributed by atoms with Crippen LogP contribution in [0.3, 0.4) is 0 Å². The van der Waals surface area contributed by atoms with Gasteiger partial charge in [-0.2, -0.15) is 5.10 Å². The van der Waals surface area contributed by atoms with Crippen molar-refractivity contribution in [2.75, 3.05) is 5.32 Å². The van der Waals surface area contributed by atoms with Crippen molar-refractivity contribution in [1.29, 1.82) is 0 Å². The summed E-state index contributed by atoms with van der Waals surface area (Å²) in [5, 5.41) is 7.95. The molecule has 148 valence electrons. The molecule has 1 aromatic heterocycles. The Morgan fingerprint density at radius 1 is 0.967 bits per heavy atom. The third kappa shape index (κ3) is 3.18. The molecule has 5 rings (SSSR count). The number of nitrogens with one attached hydrogen (secondary N) is 1.